The molecule has 2 amide bonds. The molecule has 1 fully saturated rings. The molecule has 0 spiro atoms. The average Bonchev–Trinajstić information content (AvgIpc) is 3.42. The summed E-state index contributed by atoms with van der Waals surface area (Å²) in [5.74, 6) is -1.40. The normalized spacial score (nSPS) is 13.7. The molecule has 4 rings (SSSR count). The number of fused-ring (bicyclic) bond motifs is 1. The first-order chi connectivity index (χ1) is 15.1. The number of nitrogens with one attached hydrogen (secondary N) is 1. The summed E-state index contributed by atoms with van der Waals surface area (Å²) in [6.07, 6.45) is -1.19. The lowest BCUT2D eigenvalue weighted by molar-refractivity contribution is -0.386. The van der Waals surface area contributed by atoms with E-state index in [1.807, 2.05) is 0 Å². The minimum absolute atomic E-state index is 0.00600. The van der Waals surface area contributed by atoms with Crippen molar-refractivity contribution < 1.29 is 23.3 Å². The quantitative estimate of drug-likeness (QED) is 0.404. The Bertz CT molecular complexity index is 1280. The van der Waals surface area contributed by atoms with Gasteiger partial charge in [0.25, 0.3) is 12.3 Å². The zero-order valence-corrected chi connectivity index (χ0v) is 17.8. The lowest BCUT2D eigenvalue weighted by Gasteiger charge is -2.10. The van der Waals surface area contributed by atoms with Crippen molar-refractivity contribution in [3.8, 4) is 0 Å². The van der Waals surface area contributed by atoms with E-state index in [4.69, 9.17) is 5.73 Å². The Morgan fingerprint density at radius 1 is 1.41 bits per heavy atom. The maximum Gasteiger partial charge on any atom is 0.312 e. The van der Waals surface area contributed by atoms with E-state index < -0.39 is 28.9 Å². The summed E-state index contributed by atoms with van der Waals surface area (Å²) in [6.45, 7) is 2.59. The van der Waals surface area contributed by atoms with Gasteiger partial charge < -0.3 is 11.1 Å². The van der Waals surface area contributed by atoms with Crippen LogP contribution >= 0.6 is 11.3 Å². The fourth-order valence-electron chi connectivity index (χ4n) is 3.69. The number of amides is 2. The molecular weight excluding hydrogens is 446 g/mol. The second-order valence-electron chi connectivity index (χ2n) is 7.54. The molecule has 168 valence electrons. The predicted molar refractivity (Wildman–Crippen MR) is 112 cm³/mol. The minimum atomic E-state index is -2.78. The average molecular weight is 464 g/mol. The van der Waals surface area contributed by atoms with Gasteiger partial charge in [0.05, 0.1) is 10.6 Å². The Labute approximate surface area is 183 Å². The summed E-state index contributed by atoms with van der Waals surface area (Å²) in [5, 5.41) is 18.3. The summed E-state index contributed by atoms with van der Waals surface area (Å²) in [7, 11) is 0. The van der Waals surface area contributed by atoms with Crippen LogP contribution in [0.2, 0.25) is 0 Å². The van der Waals surface area contributed by atoms with Gasteiger partial charge in [-0.05, 0) is 44.2 Å². The van der Waals surface area contributed by atoms with Gasteiger partial charge in [-0.2, -0.15) is 5.10 Å². The van der Waals surface area contributed by atoms with Gasteiger partial charge in [-0.25, -0.2) is 13.8 Å². The lowest BCUT2D eigenvalue weighted by atomic mass is 10.0. The molecule has 0 unspecified atom stereocenters. The summed E-state index contributed by atoms with van der Waals surface area (Å²) in [6, 6.07) is 1.31. The number of halogens is 2. The molecule has 0 atom stereocenters. The highest BCUT2D eigenvalue weighted by Gasteiger charge is 2.32. The van der Waals surface area contributed by atoms with Crippen LogP contribution in [0.25, 0.3) is 10.2 Å². The molecule has 13 heteroatoms. The third-order valence-electron chi connectivity index (χ3n) is 5.26. The van der Waals surface area contributed by atoms with E-state index in [2.05, 4.69) is 15.4 Å². The van der Waals surface area contributed by atoms with E-state index in [0.717, 1.165) is 24.2 Å². The summed E-state index contributed by atoms with van der Waals surface area (Å²) in [5.41, 5.74) is 5.97. The van der Waals surface area contributed by atoms with E-state index in [1.165, 1.54) is 24.6 Å². The van der Waals surface area contributed by atoms with Gasteiger partial charge in [0.2, 0.25) is 5.91 Å². The first-order valence-electron chi connectivity index (χ1n) is 9.62. The molecule has 3 aromatic heterocycles. The van der Waals surface area contributed by atoms with Crippen molar-refractivity contribution in [2.24, 2.45) is 5.73 Å². The van der Waals surface area contributed by atoms with Gasteiger partial charge in [0, 0.05) is 5.39 Å². The number of hydrogen-bond donors (Lipinski definition) is 2. The van der Waals surface area contributed by atoms with E-state index in [-0.39, 0.29) is 44.9 Å². The fourth-order valence-corrected chi connectivity index (χ4v) is 4.71. The number of carbonyl (C=O) groups excluding carboxylic acids is 2. The molecule has 32 heavy (non-hydrogen) atoms. The molecule has 0 aliphatic heterocycles. The molecule has 0 saturated heterocycles. The number of aryl methyl sites for hydroxylation is 1. The van der Waals surface area contributed by atoms with Crippen LogP contribution in [0.4, 0.5) is 20.2 Å². The molecule has 1 aliphatic rings. The largest absolute Gasteiger partial charge is 0.365 e. The van der Waals surface area contributed by atoms with E-state index >= 15 is 0 Å². The third-order valence-corrected chi connectivity index (χ3v) is 6.36. The number of hydrogen-bond acceptors (Lipinski definition) is 7. The first-order valence-corrected chi connectivity index (χ1v) is 10.4. The minimum Gasteiger partial charge on any atom is -0.365 e. The number of anilines is 1. The SMILES string of the molecule is Cc1nn(CC(=O)Nc2c(C(N)=O)sc3nc(C(F)F)cc(C4CC4)c23)c(C)c1[N+](=O)[O-]. The number of carbonyl (C=O) groups is 2. The van der Waals surface area contributed by atoms with Crippen LogP contribution in [0.15, 0.2) is 6.07 Å². The molecular formula is C19H18F2N6O4S. The van der Waals surface area contributed by atoms with Crippen LogP contribution < -0.4 is 11.1 Å². The molecule has 3 aromatic rings. The number of primary amides is 1. The van der Waals surface area contributed by atoms with Gasteiger partial charge in [-0.1, -0.05) is 0 Å². The molecule has 3 heterocycles. The highest BCUT2D eigenvalue weighted by atomic mass is 32.1. The van der Waals surface area contributed by atoms with Crippen LogP contribution in [-0.4, -0.2) is 31.5 Å². The second kappa shape index (κ2) is 7.89. The van der Waals surface area contributed by atoms with Crippen molar-refractivity contribution >= 4 is 44.7 Å². The zero-order valence-electron chi connectivity index (χ0n) is 17.0. The van der Waals surface area contributed by atoms with Crippen molar-refractivity contribution in [3.63, 3.8) is 0 Å². The monoisotopic (exact) mass is 464 g/mol. The Hall–Kier alpha value is -3.48. The van der Waals surface area contributed by atoms with Crippen LogP contribution in [-0.2, 0) is 11.3 Å². The van der Waals surface area contributed by atoms with Crippen LogP contribution in [0.3, 0.4) is 0 Å². The van der Waals surface area contributed by atoms with Gasteiger partial charge in [0.1, 0.15) is 33.3 Å². The number of rotatable bonds is 7. The Kier molecular flexibility index (Phi) is 5.36. The Morgan fingerprint density at radius 2 is 2.09 bits per heavy atom. The van der Waals surface area contributed by atoms with E-state index in [9.17, 15) is 28.5 Å². The smallest absolute Gasteiger partial charge is 0.312 e. The third kappa shape index (κ3) is 3.79. The first kappa shape index (κ1) is 21.7. The number of thiophene rings is 1. The van der Waals surface area contributed by atoms with Crippen LogP contribution in [0, 0.1) is 24.0 Å². The topological polar surface area (TPSA) is 146 Å². The molecule has 0 aromatic carbocycles. The standard InChI is InChI=1S/C19H18F2N6O4S/c1-7-15(27(30)31)8(2)26(25-7)6-12(28)24-14-13-10(9-3-4-9)5-11(17(20)21)23-19(13)32-16(14)18(22)29/h5,9,17H,3-4,6H2,1-2H3,(H2,22,29)(H,24,28). The van der Waals surface area contributed by atoms with E-state index in [1.54, 1.807) is 0 Å². The van der Waals surface area contributed by atoms with E-state index in [0.29, 0.717) is 10.9 Å². The molecule has 1 aliphatic carbocycles. The van der Waals surface area contributed by atoms with Gasteiger partial charge in [-0.3, -0.25) is 24.4 Å². The highest BCUT2D eigenvalue weighted by molar-refractivity contribution is 7.21. The Morgan fingerprint density at radius 3 is 2.62 bits per heavy atom. The van der Waals surface area contributed by atoms with Gasteiger partial charge in [0.15, 0.2) is 0 Å². The van der Waals surface area contributed by atoms with Gasteiger partial charge in [-0.15, -0.1) is 11.3 Å². The predicted octanol–water partition coefficient (Wildman–Crippen LogP) is 3.57. The molecule has 3 N–H and O–H groups in total. The molecule has 10 nitrogen and oxygen atoms in total. The highest BCUT2D eigenvalue weighted by Crippen LogP contribution is 2.48. The molecule has 0 bridgehead atoms. The van der Waals surface area contributed by atoms with Crippen molar-refractivity contribution in [2.45, 2.75) is 45.6 Å². The maximum absolute atomic E-state index is 13.3. The number of nitro groups is 1. The number of nitrogens with zero attached hydrogens (tertiary/aromatic N) is 4. The van der Waals surface area contributed by atoms with Crippen molar-refractivity contribution in [1.29, 1.82) is 0 Å². The number of nitrogens with two attached hydrogens (primary N) is 1. The van der Waals surface area contributed by atoms with Gasteiger partial charge >= 0.3 is 5.69 Å². The van der Waals surface area contributed by atoms with Crippen molar-refractivity contribution in [2.75, 3.05) is 5.32 Å². The maximum atomic E-state index is 13.3. The van der Waals surface area contributed by atoms with Crippen LogP contribution in [0.1, 0.15) is 57.5 Å². The summed E-state index contributed by atoms with van der Waals surface area (Å²) < 4.78 is 27.8. The zero-order chi connectivity index (χ0) is 23.3. The fraction of sp³-hybridized carbons (Fsp3) is 0.368. The number of alkyl halides is 2. The van der Waals surface area contributed by atoms with Crippen molar-refractivity contribution in [1.82, 2.24) is 14.8 Å². The number of pyridine rings is 1. The molecule has 0 radical (unpaired) electrons. The number of aromatic nitrogens is 3. The van der Waals surface area contributed by atoms with Crippen molar-refractivity contribution in [3.05, 3.63) is 43.7 Å². The van der Waals surface area contributed by atoms with Crippen LogP contribution in [0.5, 0.6) is 0 Å². The Balaban J connectivity index is 1.75. The second-order valence-corrected chi connectivity index (χ2v) is 8.54. The summed E-state index contributed by atoms with van der Waals surface area (Å²) >= 11 is 0.839. The lowest BCUT2D eigenvalue weighted by Crippen LogP contribution is -2.22. The summed E-state index contributed by atoms with van der Waals surface area (Å²) in [4.78, 5) is 39.6. The molecule has 1 saturated carbocycles.